The number of hydrogen-bond donors (Lipinski definition) is 1. The smallest absolute Gasteiger partial charge is 0.0630 e. The molecule has 3 nitrogen and oxygen atoms in total. The molecule has 0 fully saturated rings. The highest BCUT2D eigenvalue weighted by molar-refractivity contribution is 5.02. The van der Waals surface area contributed by atoms with Gasteiger partial charge < -0.3 is 5.73 Å². The first-order valence-corrected chi connectivity index (χ1v) is 6.76. The Hall–Kier alpha value is -0.830. The molecule has 0 saturated heterocycles. The van der Waals surface area contributed by atoms with Gasteiger partial charge in [0.05, 0.1) is 11.7 Å². The molecule has 1 aromatic heterocycles. The van der Waals surface area contributed by atoms with Crippen LogP contribution in [0.3, 0.4) is 0 Å². The predicted octanol–water partition coefficient (Wildman–Crippen LogP) is 3.16. The summed E-state index contributed by atoms with van der Waals surface area (Å²) in [6.07, 6.45) is 6.46. The Labute approximate surface area is 105 Å². The Morgan fingerprint density at radius 3 is 2.53 bits per heavy atom. The average Bonchev–Trinajstić information content (AvgIpc) is 2.67. The van der Waals surface area contributed by atoms with Crippen molar-refractivity contribution in [1.29, 1.82) is 0 Å². The van der Waals surface area contributed by atoms with Gasteiger partial charge in [-0.1, -0.05) is 27.7 Å². The lowest BCUT2D eigenvalue weighted by Gasteiger charge is -2.22. The number of aromatic nitrogens is 2. The van der Waals surface area contributed by atoms with Crippen LogP contribution in [0.4, 0.5) is 0 Å². The maximum absolute atomic E-state index is 5.64. The summed E-state index contributed by atoms with van der Waals surface area (Å²) in [4.78, 5) is 0. The first kappa shape index (κ1) is 14.2. The Morgan fingerprint density at radius 2 is 2.00 bits per heavy atom. The largest absolute Gasteiger partial charge is 0.330 e. The van der Waals surface area contributed by atoms with E-state index in [-0.39, 0.29) is 5.41 Å². The summed E-state index contributed by atoms with van der Waals surface area (Å²) < 4.78 is 2.12. The third-order valence-electron chi connectivity index (χ3n) is 3.46. The summed E-state index contributed by atoms with van der Waals surface area (Å²) in [5.74, 6) is 0. The van der Waals surface area contributed by atoms with Crippen LogP contribution in [0.25, 0.3) is 0 Å². The topological polar surface area (TPSA) is 43.8 Å². The maximum atomic E-state index is 5.64. The van der Waals surface area contributed by atoms with E-state index in [9.17, 15) is 0 Å². The molecule has 1 rings (SSSR count). The molecule has 0 aliphatic carbocycles. The molecule has 98 valence electrons. The molecule has 0 aliphatic rings. The highest BCUT2D eigenvalue weighted by Crippen LogP contribution is 2.25. The van der Waals surface area contributed by atoms with Crippen molar-refractivity contribution >= 4 is 0 Å². The summed E-state index contributed by atoms with van der Waals surface area (Å²) in [6, 6.07) is 2.69. The van der Waals surface area contributed by atoms with E-state index in [2.05, 4.69) is 44.6 Å². The molecular weight excluding hydrogens is 210 g/mol. The third kappa shape index (κ3) is 4.15. The standard InChI is InChI=1S/C14H27N3/c1-5-13(6-2)17-10-7-12(16-17)11-14(3,4)8-9-15/h7,10,13H,5-6,8-9,11,15H2,1-4H3. The van der Waals surface area contributed by atoms with Crippen LogP contribution >= 0.6 is 0 Å². The summed E-state index contributed by atoms with van der Waals surface area (Å²) in [7, 11) is 0. The Kier molecular flexibility index (Phi) is 5.19. The van der Waals surface area contributed by atoms with Crippen LogP contribution in [0.2, 0.25) is 0 Å². The van der Waals surface area contributed by atoms with Gasteiger partial charge in [0.15, 0.2) is 0 Å². The molecule has 1 heterocycles. The third-order valence-corrected chi connectivity index (χ3v) is 3.46. The Bertz CT molecular complexity index is 324. The molecule has 0 unspecified atom stereocenters. The Balaban J connectivity index is 2.68. The zero-order chi connectivity index (χ0) is 12.9. The minimum absolute atomic E-state index is 0.252. The Morgan fingerprint density at radius 1 is 1.35 bits per heavy atom. The van der Waals surface area contributed by atoms with Crippen LogP contribution in [0.15, 0.2) is 12.3 Å². The second-order valence-electron chi connectivity index (χ2n) is 5.64. The van der Waals surface area contributed by atoms with Crippen LogP contribution < -0.4 is 5.73 Å². The van der Waals surface area contributed by atoms with Gasteiger partial charge in [-0.15, -0.1) is 0 Å². The average molecular weight is 237 g/mol. The van der Waals surface area contributed by atoms with Gasteiger partial charge in [-0.3, -0.25) is 4.68 Å². The molecule has 0 radical (unpaired) electrons. The summed E-state index contributed by atoms with van der Waals surface area (Å²) in [5, 5.41) is 4.70. The van der Waals surface area contributed by atoms with Crippen molar-refractivity contribution in [2.45, 2.75) is 59.4 Å². The van der Waals surface area contributed by atoms with Gasteiger partial charge in [0.2, 0.25) is 0 Å². The fourth-order valence-electron chi connectivity index (χ4n) is 2.31. The lowest BCUT2D eigenvalue weighted by Crippen LogP contribution is -2.20. The van der Waals surface area contributed by atoms with Gasteiger partial charge in [0, 0.05) is 6.20 Å². The number of rotatable bonds is 7. The number of nitrogens with zero attached hydrogens (tertiary/aromatic N) is 2. The van der Waals surface area contributed by atoms with E-state index in [1.807, 2.05) is 0 Å². The van der Waals surface area contributed by atoms with Crippen molar-refractivity contribution in [3.8, 4) is 0 Å². The molecule has 17 heavy (non-hydrogen) atoms. The van der Waals surface area contributed by atoms with Crippen molar-refractivity contribution in [2.75, 3.05) is 6.54 Å². The summed E-state index contributed by atoms with van der Waals surface area (Å²) in [6.45, 7) is 9.70. The van der Waals surface area contributed by atoms with Crippen LogP contribution in [0, 0.1) is 5.41 Å². The molecule has 0 aliphatic heterocycles. The fourth-order valence-corrected chi connectivity index (χ4v) is 2.31. The molecule has 0 atom stereocenters. The summed E-state index contributed by atoms with van der Waals surface area (Å²) >= 11 is 0. The normalized spacial score (nSPS) is 12.4. The van der Waals surface area contributed by atoms with Crippen LogP contribution in [0.5, 0.6) is 0 Å². The first-order valence-electron chi connectivity index (χ1n) is 6.76. The van der Waals surface area contributed by atoms with Crippen molar-refractivity contribution in [3.05, 3.63) is 18.0 Å². The van der Waals surface area contributed by atoms with Crippen LogP contribution in [-0.4, -0.2) is 16.3 Å². The molecule has 0 aromatic carbocycles. The van der Waals surface area contributed by atoms with Crippen LogP contribution in [-0.2, 0) is 6.42 Å². The van der Waals surface area contributed by atoms with E-state index in [1.165, 1.54) is 5.69 Å². The highest BCUT2D eigenvalue weighted by Gasteiger charge is 2.19. The van der Waals surface area contributed by atoms with Gasteiger partial charge in [-0.05, 0) is 43.7 Å². The van der Waals surface area contributed by atoms with Gasteiger partial charge >= 0.3 is 0 Å². The van der Waals surface area contributed by atoms with E-state index >= 15 is 0 Å². The van der Waals surface area contributed by atoms with Crippen molar-refractivity contribution in [2.24, 2.45) is 11.1 Å². The van der Waals surface area contributed by atoms with Gasteiger partial charge in [0.1, 0.15) is 0 Å². The number of hydrogen-bond acceptors (Lipinski definition) is 2. The maximum Gasteiger partial charge on any atom is 0.0630 e. The minimum Gasteiger partial charge on any atom is -0.330 e. The summed E-state index contributed by atoms with van der Waals surface area (Å²) in [5.41, 5.74) is 7.08. The van der Waals surface area contributed by atoms with Gasteiger partial charge in [-0.25, -0.2) is 0 Å². The van der Waals surface area contributed by atoms with Crippen molar-refractivity contribution in [3.63, 3.8) is 0 Å². The van der Waals surface area contributed by atoms with E-state index in [0.717, 1.165) is 32.2 Å². The molecule has 0 bridgehead atoms. The quantitative estimate of drug-likeness (QED) is 0.791. The lowest BCUT2D eigenvalue weighted by molar-refractivity contribution is 0.331. The fraction of sp³-hybridized carbons (Fsp3) is 0.786. The van der Waals surface area contributed by atoms with Crippen LogP contribution in [0.1, 0.15) is 58.7 Å². The monoisotopic (exact) mass is 237 g/mol. The molecule has 3 heteroatoms. The van der Waals surface area contributed by atoms with E-state index in [1.54, 1.807) is 0 Å². The van der Waals surface area contributed by atoms with Gasteiger partial charge in [0.25, 0.3) is 0 Å². The molecule has 0 amide bonds. The van der Waals surface area contributed by atoms with Crippen molar-refractivity contribution in [1.82, 2.24) is 9.78 Å². The number of nitrogens with two attached hydrogens (primary N) is 1. The minimum atomic E-state index is 0.252. The predicted molar refractivity (Wildman–Crippen MR) is 73.0 cm³/mol. The lowest BCUT2D eigenvalue weighted by atomic mass is 9.84. The van der Waals surface area contributed by atoms with E-state index in [0.29, 0.717) is 6.04 Å². The SMILES string of the molecule is CCC(CC)n1ccc(CC(C)(C)CCN)n1. The molecular formula is C14H27N3. The second kappa shape index (κ2) is 6.20. The molecule has 0 spiro atoms. The first-order chi connectivity index (χ1) is 8.02. The van der Waals surface area contributed by atoms with E-state index in [4.69, 9.17) is 10.8 Å². The van der Waals surface area contributed by atoms with E-state index < -0.39 is 0 Å². The van der Waals surface area contributed by atoms with Gasteiger partial charge in [-0.2, -0.15) is 5.10 Å². The zero-order valence-electron chi connectivity index (χ0n) is 11.7. The second-order valence-corrected chi connectivity index (χ2v) is 5.64. The molecule has 2 N–H and O–H groups in total. The highest BCUT2D eigenvalue weighted by atomic mass is 15.3. The molecule has 0 saturated carbocycles. The molecule has 1 aromatic rings. The van der Waals surface area contributed by atoms with Crippen molar-refractivity contribution < 1.29 is 0 Å². The zero-order valence-corrected chi connectivity index (χ0v) is 11.7.